The summed E-state index contributed by atoms with van der Waals surface area (Å²) in [4.78, 5) is 10.5. The molecular weight excluding hydrogens is 208 g/mol. The third-order valence-corrected chi connectivity index (χ3v) is 2.52. The van der Waals surface area contributed by atoms with Crippen molar-refractivity contribution in [3.63, 3.8) is 0 Å². The van der Waals surface area contributed by atoms with Crippen LogP contribution >= 0.6 is 0 Å². The molecule has 0 aromatic carbocycles. The number of halogens is 4. The Kier molecular flexibility index (Phi) is 5.50. The molecule has 79 valence electrons. The van der Waals surface area contributed by atoms with Crippen LogP contribution in [0.3, 0.4) is 0 Å². The van der Waals surface area contributed by atoms with Crippen LogP contribution in [-0.2, 0) is 9.53 Å². The van der Waals surface area contributed by atoms with Crippen molar-refractivity contribution >= 4 is 9.04 Å². The molecule has 0 aliphatic carbocycles. The van der Waals surface area contributed by atoms with Gasteiger partial charge in [0.15, 0.2) is 0 Å². The van der Waals surface area contributed by atoms with Gasteiger partial charge in [-0.1, -0.05) is 0 Å². The normalized spacial score (nSPS) is 15.0. The van der Waals surface area contributed by atoms with Gasteiger partial charge in [0.25, 0.3) is 0 Å². The number of hydrogen-bond acceptors (Lipinski definition) is 1. The van der Waals surface area contributed by atoms with Gasteiger partial charge in [0, 0.05) is 0 Å². The average Bonchev–Trinajstić information content (AvgIpc) is 1.97. The van der Waals surface area contributed by atoms with Crippen molar-refractivity contribution in [3.05, 3.63) is 0 Å². The summed E-state index contributed by atoms with van der Waals surface area (Å²) < 4.78 is 50.6. The Morgan fingerprint density at radius 1 is 1.46 bits per heavy atom. The Morgan fingerprint density at radius 3 is 2.38 bits per heavy atom. The van der Waals surface area contributed by atoms with Crippen LogP contribution in [0.4, 0.5) is 17.6 Å². The maximum Gasteiger partial charge on any atom is 0.416 e. The van der Waals surface area contributed by atoms with Crippen LogP contribution in [0.2, 0.25) is 12.6 Å². The second-order valence-electron chi connectivity index (χ2n) is 2.66. The van der Waals surface area contributed by atoms with Gasteiger partial charge < -0.3 is 9.53 Å². The summed E-state index contributed by atoms with van der Waals surface area (Å²) in [6.45, 7) is 1.02. The Balaban J connectivity index is 3.52. The molecule has 0 fully saturated rings. The molecule has 2 nitrogen and oxygen atoms in total. The highest BCUT2D eigenvalue weighted by Crippen LogP contribution is 2.24. The smallest absolute Gasteiger partial charge is 0.316 e. The molecule has 0 aromatic heterocycles. The van der Waals surface area contributed by atoms with E-state index in [4.69, 9.17) is 0 Å². The maximum atomic E-state index is 12.0. The van der Waals surface area contributed by atoms with Crippen molar-refractivity contribution < 1.29 is 27.1 Å². The Hall–Kier alpha value is -0.143. The van der Waals surface area contributed by atoms with E-state index in [0.29, 0.717) is 0 Å². The first-order valence-corrected chi connectivity index (χ1v) is 6.26. The summed E-state index contributed by atoms with van der Waals surface area (Å²) in [5.74, 6) is 0. The third kappa shape index (κ3) is 6.00. The van der Waals surface area contributed by atoms with Crippen molar-refractivity contribution in [1.29, 1.82) is 0 Å². The number of rotatable bonds is 6. The van der Waals surface area contributed by atoms with E-state index in [2.05, 4.69) is 4.74 Å². The fraction of sp³-hybridized carbons (Fsp3) is 1.00. The lowest BCUT2D eigenvalue weighted by Crippen LogP contribution is -2.30. The van der Waals surface area contributed by atoms with Crippen molar-refractivity contribution in [3.8, 4) is 0 Å². The monoisotopic (exact) mass is 219 g/mol. The summed E-state index contributed by atoms with van der Waals surface area (Å²) in [5, 5.41) is 0. The van der Waals surface area contributed by atoms with Gasteiger partial charge in [-0.2, -0.15) is 8.78 Å². The molecule has 7 heteroatoms. The van der Waals surface area contributed by atoms with E-state index < -0.39 is 28.2 Å². The lowest BCUT2D eigenvalue weighted by molar-refractivity contribution is -0.300. The van der Waals surface area contributed by atoms with Gasteiger partial charge >= 0.3 is 12.5 Å². The molecule has 1 atom stereocenters. The second kappa shape index (κ2) is 5.56. The molecule has 0 aromatic rings. The van der Waals surface area contributed by atoms with E-state index in [1.807, 2.05) is 0 Å². The lowest BCUT2D eigenvalue weighted by Gasteiger charge is -2.15. The van der Waals surface area contributed by atoms with Gasteiger partial charge in [0.05, 0.1) is 6.61 Å². The minimum absolute atomic E-state index is 0.124. The molecule has 0 bridgehead atoms. The van der Waals surface area contributed by atoms with E-state index in [1.165, 1.54) is 6.55 Å². The first-order chi connectivity index (χ1) is 5.86. The molecule has 0 N–H and O–H groups in total. The summed E-state index contributed by atoms with van der Waals surface area (Å²) in [6, 6.07) is 0.277. The SMILES string of the molecule is C[SiH]([O])CCCOC(F)(F)C(F)F. The zero-order chi connectivity index (χ0) is 10.5. The highest BCUT2D eigenvalue weighted by Gasteiger charge is 2.41. The molecule has 0 aliphatic rings. The molecule has 0 heterocycles. The van der Waals surface area contributed by atoms with E-state index in [1.54, 1.807) is 0 Å². The van der Waals surface area contributed by atoms with E-state index in [0.717, 1.165) is 0 Å². The van der Waals surface area contributed by atoms with Crippen LogP contribution in [0.15, 0.2) is 0 Å². The maximum absolute atomic E-state index is 12.0. The highest BCUT2D eigenvalue weighted by molar-refractivity contribution is 6.48. The first-order valence-electron chi connectivity index (χ1n) is 3.82. The van der Waals surface area contributed by atoms with Crippen LogP contribution in [0.25, 0.3) is 0 Å². The fourth-order valence-electron chi connectivity index (χ4n) is 0.642. The van der Waals surface area contributed by atoms with Crippen LogP contribution in [0, 0.1) is 0 Å². The topological polar surface area (TPSA) is 29.1 Å². The molecule has 1 radical (unpaired) electrons. The molecule has 0 rings (SSSR count). The molecule has 0 amide bonds. The zero-order valence-corrected chi connectivity index (χ0v) is 8.26. The lowest BCUT2D eigenvalue weighted by atomic mass is 10.5. The van der Waals surface area contributed by atoms with Crippen molar-refractivity contribution in [2.45, 2.75) is 31.5 Å². The quantitative estimate of drug-likeness (QED) is 0.382. The zero-order valence-electron chi connectivity index (χ0n) is 7.10. The summed E-state index contributed by atoms with van der Waals surface area (Å²) >= 11 is 0. The second-order valence-corrected chi connectivity index (χ2v) is 4.86. The number of ether oxygens (including phenoxy) is 1. The van der Waals surface area contributed by atoms with Crippen LogP contribution < -0.4 is 0 Å². The minimum Gasteiger partial charge on any atom is -0.316 e. The minimum atomic E-state index is -4.38. The van der Waals surface area contributed by atoms with Crippen LogP contribution in [0.1, 0.15) is 6.42 Å². The molecule has 13 heavy (non-hydrogen) atoms. The van der Waals surface area contributed by atoms with Crippen LogP contribution in [-0.4, -0.2) is 28.2 Å². The number of alkyl halides is 4. The van der Waals surface area contributed by atoms with Crippen molar-refractivity contribution in [2.75, 3.05) is 6.61 Å². The van der Waals surface area contributed by atoms with Gasteiger partial charge in [-0.15, -0.1) is 0 Å². The first kappa shape index (κ1) is 12.9. The van der Waals surface area contributed by atoms with E-state index in [9.17, 15) is 22.4 Å². The predicted molar refractivity (Wildman–Crippen MR) is 40.0 cm³/mol. The van der Waals surface area contributed by atoms with E-state index in [-0.39, 0.29) is 12.5 Å². The van der Waals surface area contributed by atoms with Crippen molar-refractivity contribution in [2.24, 2.45) is 0 Å². The molecule has 0 spiro atoms. The molecule has 1 unspecified atom stereocenters. The Labute approximate surface area is 75.2 Å². The van der Waals surface area contributed by atoms with Gasteiger partial charge in [-0.3, -0.25) is 0 Å². The molecule has 0 saturated carbocycles. The molecule has 0 saturated heterocycles. The Bertz CT molecular complexity index is 143. The Morgan fingerprint density at radius 2 is 2.00 bits per heavy atom. The van der Waals surface area contributed by atoms with Crippen molar-refractivity contribution in [1.82, 2.24) is 0 Å². The average molecular weight is 219 g/mol. The summed E-state index contributed by atoms with van der Waals surface area (Å²) in [6.07, 6.45) is -8.07. The molecular formula is C6H11F4O2Si. The highest BCUT2D eigenvalue weighted by atomic mass is 28.3. The summed E-state index contributed by atoms with van der Waals surface area (Å²) in [7, 11) is -2.04. The predicted octanol–water partition coefficient (Wildman–Crippen LogP) is 2.04. The van der Waals surface area contributed by atoms with Gasteiger partial charge in [-0.05, 0) is 19.0 Å². The fourth-order valence-corrected chi connectivity index (χ4v) is 1.38. The van der Waals surface area contributed by atoms with Gasteiger partial charge in [0.1, 0.15) is 0 Å². The standard InChI is InChI=1S/C6H11F4O2Si/c1-13(11)4-2-3-12-6(9,10)5(7)8/h5,13H,2-4H2,1H3. The largest absolute Gasteiger partial charge is 0.416 e. The molecule has 0 aliphatic heterocycles. The van der Waals surface area contributed by atoms with Crippen LogP contribution in [0.5, 0.6) is 0 Å². The van der Waals surface area contributed by atoms with E-state index >= 15 is 0 Å². The third-order valence-electron chi connectivity index (χ3n) is 1.30. The summed E-state index contributed by atoms with van der Waals surface area (Å²) in [5.41, 5.74) is 0. The van der Waals surface area contributed by atoms with Gasteiger partial charge in [-0.25, -0.2) is 8.78 Å². The number of hydrogen-bond donors (Lipinski definition) is 0. The van der Waals surface area contributed by atoms with Gasteiger partial charge in [0.2, 0.25) is 9.04 Å².